The van der Waals surface area contributed by atoms with Gasteiger partial charge in [-0.05, 0) is 32.2 Å². The normalized spacial score (nSPS) is 18.5. The average Bonchev–Trinajstić information content (AvgIpc) is 3.02. The lowest BCUT2D eigenvalue weighted by Gasteiger charge is -2.30. The van der Waals surface area contributed by atoms with Gasteiger partial charge in [-0.2, -0.15) is 4.98 Å². The van der Waals surface area contributed by atoms with E-state index < -0.39 is 0 Å². The third-order valence-corrected chi connectivity index (χ3v) is 4.06. The first-order valence-corrected chi connectivity index (χ1v) is 7.74. The first-order valence-electron chi connectivity index (χ1n) is 7.74. The summed E-state index contributed by atoms with van der Waals surface area (Å²) < 4.78 is 10.7. The predicted molar refractivity (Wildman–Crippen MR) is 96.4 cm³/mol. The standard InChI is InChI=1S/C17H22N4O2.ClH/c1-12-4-6-15(22-3)13(10-12)5-7-16-19-17(20-23-16)14-11-18-8-9-21(14)2;/h4-7,10,14,18H,8-9,11H2,1-3H3;1H/b7-5+;. The third kappa shape index (κ3) is 4.14. The van der Waals surface area contributed by atoms with Crippen molar-refractivity contribution < 1.29 is 9.26 Å². The number of benzene rings is 1. The van der Waals surface area contributed by atoms with E-state index in [1.165, 1.54) is 5.56 Å². The van der Waals surface area contributed by atoms with Gasteiger partial charge in [0.2, 0.25) is 0 Å². The van der Waals surface area contributed by atoms with Crippen molar-refractivity contribution in [2.75, 3.05) is 33.8 Å². The van der Waals surface area contributed by atoms with Crippen LogP contribution in [-0.2, 0) is 0 Å². The van der Waals surface area contributed by atoms with Gasteiger partial charge in [0.25, 0.3) is 5.89 Å². The summed E-state index contributed by atoms with van der Waals surface area (Å²) in [5, 5.41) is 7.47. The Hall–Kier alpha value is -1.89. The van der Waals surface area contributed by atoms with Crippen LogP contribution in [0, 0.1) is 6.92 Å². The number of methoxy groups -OCH3 is 1. The van der Waals surface area contributed by atoms with E-state index >= 15 is 0 Å². The van der Waals surface area contributed by atoms with Crippen molar-refractivity contribution in [2.45, 2.75) is 13.0 Å². The number of nitrogens with zero attached hydrogens (tertiary/aromatic N) is 3. The summed E-state index contributed by atoms with van der Waals surface area (Å²) in [6.45, 7) is 4.86. The molecule has 130 valence electrons. The molecule has 0 radical (unpaired) electrons. The molecule has 6 nitrogen and oxygen atoms in total. The number of hydrogen-bond donors (Lipinski definition) is 1. The number of ether oxygens (including phenoxy) is 1. The van der Waals surface area contributed by atoms with Crippen molar-refractivity contribution >= 4 is 24.6 Å². The molecule has 1 aromatic heterocycles. The smallest absolute Gasteiger partial charge is 0.250 e. The first kappa shape index (κ1) is 18.4. The molecular weight excluding hydrogens is 328 g/mol. The Bertz CT molecular complexity index is 702. The van der Waals surface area contributed by atoms with Gasteiger partial charge in [0.15, 0.2) is 5.82 Å². The average molecular weight is 351 g/mol. The molecule has 24 heavy (non-hydrogen) atoms. The Morgan fingerprint density at radius 3 is 2.96 bits per heavy atom. The fourth-order valence-electron chi connectivity index (χ4n) is 2.69. The summed E-state index contributed by atoms with van der Waals surface area (Å²) in [5.41, 5.74) is 2.16. The molecule has 1 fully saturated rings. The Morgan fingerprint density at radius 1 is 1.38 bits per heavy atom. The lowest BCUT2D eigenvalue weighted by atomic mass is 10.1. The van der Waals surface area contributed by atoms with Crippen LogP contribution < -0.4 is 10.1 Å². The van der Waals surface area contributed by atoms with Gasteiger partial charge in [-0.3, -0.25) is 4.90 Å². The van der Waals surface area contributed by atoms with Crippen molar-refractivity contribution in [2.24, 2.45) is 0 Å². The van der Waals surface area contributed by atoms with E-state index in [4.69, 9.17) is 9.26 Å². The number of piperazine rings is 1. The fraction of sp³-hybridized carbons (Fsp3) is 0.412. The lowest BCUT2D eigenvalue weighted by molar-refractivity contribution is 0.190. The zero-order valence-electron chi connectivity index (χ0n) is 14.2. The van der Waals surface area contributed by atoms with Crippen LogP contribution >= 0.6 is 12.4 Å². The van der Waals surface area contributed by atoms with Crippen LogP contribution in [0.2, 0.25) is 0 Å². The topological polar surface area (TPSA) is 63.4 Å². The Balaban J connectivity index is 0.00000208. The Kier molecular flexibility index (Phi) is 6.36. The van der Waals surface area contributed by atoms with E-state index in [2.05, 4.69) is 33.5 Å². The maximum absolute atomic E-state index is 5.37. The minimum absolute atomic E-state index is 0. The second-order valence-corrected chi connectivity index (χ2v) is 5.77. The molecule has 1 unspecified atom stereocenters. The molecule has 0 aliphatic carbocycles. The molecular formula is C17H23ClN4O2. The maximum atomic E-state index is 5.37. The lowest BCUT2D eigenvalue weighted by Crippen LogP contribution is -2.44. The van der Waals surface area contributed by atoms with Crippen LogP contribution in [0.4, 0.5) is 0 Å². The molecule has 0 spiro atoms. The van der Waals surface area contributed by atoms with Crippen molar-refractivity contribution in [3.63, 3.8) is 0 Å². The molecule has 1 aliphatic heterocycles. The maximum Gasteiger partial charge on any atom is 0.250 e. The summed E-state index contributed by atoms with van der Waals surface area (Å²) in [4.78, 5) is 6.72. The fourth-order valence-corrected chi connectivity index (χ4v) is 2.69. The molecule has 2 aromatic rings. The van der Waals surface area contributed by atoms with Crippen LogP contribution in [0.1, 0.15) is 28.9 Å². The van der Waals surface area contributed by atoms with Crippen LogP contribution in [0.15, 0.2) is 22.7 Å². The quantitative estimate of drug-likeness (QED) is 0.914. The number of aryl methyl sites for hydroxylation is 1. The van der Waals surface area contributed by atoms with E-state index in [0.717, 1.165) is 36.8 Å². The minimum Gasteiger partial charge on any atom is -0.496 e. The van der Waals surface area contributed by atoms with E-state index in [-0.39, 0.29) is 18.4 Å². The highest BCUT2D eigenvalue weighted by molar-refractivity contribution is 5.85. The van der Waals surface area contributed by atoms with E-state index in [0.29, 0.717) is 5.89 Å². The van der Waals surface area contributed by atoms with Gasteiger partial charge < -0.3 is 14.6 Å². The number of hydrogen-bond acceptors (Lipinski definition) is 6. The number of rotatable bonds is 4. The molecule has 1 aliphatic rings. The monoisotopic (exact) mass is 350 g/mol. The van der Waals surface area contributed by atoms with Crippen molar-refractivity contribution in [3.05, 3.63) is 41.0 Å². The molecule has 0 amide bonds. The van der Waals surface area contributed by atoms with Crippen LogP contribution in [0.25, 0.3) is 12.2 Å². The van der Waals surface area contributed by atoms with E-state index in [1.54, 1.807) is 7.11 Å². The summed E-state index contributed by atoms with van der Waals surface area (Å²) in [6.07, 6.45) is 3.76. The molecule has 3 rings (SSSR count). The molecule has 0 bridgehead atoms. The molecule has 1 aromatic carbocycles. The van der Waals surface area contributed by atoms with Gasteiger partial charge in [0, 0.05) is 31.3 Å². The minimum atomic E-state index is 0. The van der Waals surface area contributed by atoms with E-state index in [9.17, 15) is 0 Å². The van der Waals surface area contributed by atoms with Gasteiger partial charge in [-0.1, -0.05) is 16.8 Å². The number of halogens is 1. The first-order chi connectivity index (χ1) is 11.2. The van der Waals surface area contributed by atoms with Crippen molar-refractivity contribution in [3.8, 4) is 5.75 Å². The zero-order valence-corrected chi connectivity index (χ0v) is 15.0. The number of likely N-dealkylation sites (N-methyl/N-ethyl adjacent to an activating group) is 1. The third-order valence-electron chi connectivity index (χ3n) is 4.06. The second-order valence-electron chi connectivity index (χ2n) is 5.77. The largest absolute Gasteiger partial charge is 0.496 e. The molecule has 2 heterocycles. The molecule has 0 saturated carbocycles. The van der Waals surface area contributed by atoms with Crippen LogP contribution in [0.5, 0.6) is 5.75 Å². The van der Waals surface area contributed by atoms with Crippen LogP contribution in [0.3, 0.4) is 0 Å². The zero-order chi connectivity index (χ0) is 16.2. The predicted octanol–water partition coefficient (Wildman–Crippen LogP) is 2.55. The highest BCUT2D eigenvalue weighted by Gasteiger charge is 2.24. The highest BCUT2D eigenvalue weighted by Crippen LogP contribution is 2.22. The van der Waals surface area contributed by atoms with Crippen molar-refractivity contribution in [1.29, 1.82) is 0 Å². The molecule has 7 heteroatoms. The van der Waals surface area contributed by atoms with Gasteiger partial charge >= 0.3 is 0 Å². The van der Waals surface area contributed by atoms with Crippen molar-refractivity contribution in [1.82, 2.24) is 20.4 Å². The highest BCUT2D eigenvalue weighted by atomic mass is 35.5. The van der Waals surface area contributed by atoms with E-state index in [1.807, 2.05) is 31.2 Å². The van der Waals surface area contributed by atoms with Gasteiger partial charge in [0.05, 0.1) is 13.2 Å². The molecule has 1 atom stereocenters. The van der Waals surface area contributed by atoms with Gasteiger partial charge in [0.1, 0.15) is 5.75 Å². The second kappa shape index (κ2) is 8.28. The summed E-state index contributed by atoms with van der Waals surface area (Å²) >= 11 is 0. The SMILES string of the molecule is COc1ccc(C)cc1/C=C/c1nc(C2CNCCN2C)no1.Cl. The molecule has 1 saturated heterocycles. The van der Waals surface area contributed by atoms with Gasteiger partial charge in [-0.15, -0.1) is 12.4 Å². The number of nitrogens with one attached hydrogen (secondary N) is 1. The Morgan fingerprint density at radius 2 is 2.21 bits per heavy atom. The molecule has 1 N–H and O–H groups in total. The number of aromatic nitrogens is 2. The van der Waals surface area contributed by atoms with Crippen LogP contribution in [-0.4, -0.2) is 48.8 Å². The Labute approximate surface area is 148 Å². The summed E-state index contributed by atoms with van der Waals surface area (Å²) in [7, 11) is 3.74. The van der Waals surface area contributed by atoms with Gasteiger partial charge in [-0.25, -0.2) is 0 Å². The summed E-state index contributed by atoms with van der Waals surface area (Å²) in [5.74, 6) is 2.04. The summed E-state index contributed by atoms with van der Waals surface area (Å²) in [6, 6.07) is 6.19.